The third kappa shape index (κ3) is 8.15. The maximum Gasteiger partial charge on any atom is 0.416 e. The van der Waals surface area contributed by atoms with Gasteiger partial charge >= 0.3 is 6.18 Å². The minimum atomic E-state index is -4.76. The molecule has 3 aromatic rings. The second kappa shape index (κ2) is 13.1. The highest BCUT2D eigenvalue weighted by Gasteiger charge is 2.35. The maximum atomic E-state index is 13.8. The summed E-state index contributed by atoms with van der Waals surface area (Å²) in [5.74, 6) is -1.37. The van der Waals surface area contributed by atoms with Gasteiger partial charge in [0.15, 0.2) is 0 Å². The first-order valence-electron chi connectivity index (χ1n) is 12.4. The molecule has 0 aliphatic heterocycles. The van der Waals surface area contributed by atoms with E-state index in [0.717, 1.165) is 23.1 Å². The van der Waals surface area contributed by atoms with Gasteiger partial charge in [-0.2, -0.15) is 13.2 Å². The first kappa shape index (κ1) is 32.2. The van der Waals surface area contributed by atoms with Crippen LogP contribution in [0, 0.1) is 0 Å². The molecule has 7 nitrogen and oxygen atoms in total. The largest absolute Gasteiger partial charge is 0.416 e. The van der Waals surface area contributed by atoms with E-state index in [1.54, 1.807) is 32.0 Å². The fraction of sp³-hybridized carbons (Fsp3) is 0.286. The number of rotatable bonds is 10. The van der Waals surface area contributed by atoms with Gasteiger partial charge in [-0.15, -0.1) is 0 Å². The Balaban J connectivity index is 2.10. The van der Waals surface area contributed by atoms with Crippen molar-refractivity contribution in [2.75, 3.05) is 10.8 Å². The van der Waals surface area contributed by atoms with Crippen LogP contribution in [0.2, 0.25) is 10.0 Å². The van der Waals surface area contributed by atoms with Gasteiger partial charge in [0, 0.05) is 22.6 Å². The summed E-state index contributed by atoms with van der Waals surface area (Å²) in [6, 6.07) is 13.9. The molecule has 0 radical (unpaired) electrons. The molecule has 3 aromatic carbocycles. The van der Waals surface area contributed by atoms with Gasteiger partial charge < -0.3 is 10.2 Å². The molecule has 0 heterocycles. The lowest BCUT2D eigenvalue weighted by molar-refractivity contribution is -0.139. The van der Waals surface area contributed by atoms with Crippen molar-refractivity contribution in [3.63, 3.8) is 0 Å². The van der Waals surface area contributed by atoms with Crippen LogP contribution >= 0.6 is 23.2 Å². The van der Waals surface area contributed by atoms with Crippen LogP contribution in [0.3, 0.4) is 0 Å². The van der Waals surface area contributed by atoms with Gasteiger partial charge in [-0.25, -0.2) is 8.42 Å². The average molecular weight is 631 g/mol. The number of nitrogens with zero attached hydrogens (tertiary/aromatic N) is 2. The second-order valence-corrected chi connectivity index (χ2v) is 12.2. The first-order chi connectivity index (χ1) is 19.1. The van der Waals surface area contributed by atoms with Crippen LogP contribution in [-0.2, 0) is 32.3 Å². The summed E-state index contributed by atoms with van der Waals surface area (Å²) in [6.07, 6.45) is -4.76. The molecule has 0 aliphatic rings. The monoisotopic (exact) mass is 629 g/mol. The van der Waals surface area contributed by atoms with Gasteiger partial charge in [0.2, 0.25) is 11.8 Å². The Hall–Kier alpha value is -3.28. The highest BCUT2D eigenvalue weighted by molar-refractivity contribution is 7.92. The van der Waals surface area contributed by atoms with Crippen LogP contribution in [-0.4, -0.2) is 43.8 Å². The number of benzene rings is 3. The van der Waals surface area contributed by atoms with Gasteiger partial charge in [-0.05, 0) is 68.8 Å². The molecule has 0 fully saturated rings. The summed E-state index contributed by atoms with van der Waals surface area (Å²) < 4.78 is 68.6. The standard InChI is InChI=1S/C28H28Cl2F3N3O4S/c1-18(2)34-27(38)19(3)35(16-20-12-13-22(29)15-25(20)30)26(37)17-36(41(39,40)24-10-5-4-6-11-24)23-9-7-8-21(14-23)28(31,32)33/h4-15,18-19H,16-17H2,1-3H3,(H,34,38)/t19-/m0/s1. The van der Waals surface area contributed by atoms with E-state index in [2.05, 4.69) is 5.32 Å². The number of sulfonamides is 1. The highest BCUT2D eigenvalue weighted by Crippen LogP contribution is 2.33. The van der Waals surface area contributed by atoms with Gasteiger partial charge in [0.25, 0.3) is 10.0 Å². The highest BCUT2D eigenvalue weighted by atomic mass is 35.5. The van der Waals surface area contributed by atoms with Gasteiger partial charge in [0.1, 0.15) is 12.6 Å². The molecule has 1 atom stereocenters. The molecule has 0 unspecified atom stereocenters. The molecule has 13 heteroatoms. The van der Waals surface area contributed by atoms with E-state index >= 15 is 0 Å². The zero-order chi connectivity index (χ0) is 30.5. The third-order valence-corrected chi connectivity index (χ3v) is 8.40. The van der Waals surface area contributed by atoms with Crippen LogP contribution in [0.1, 0.15) is 31.9 Å². The fourth-order valence-electron chi connectivity index (χ4n) is 3.91. The summed E-state index contributed by atoms with van der Waals surface area (Å²) in [6.45, 7) is 3.81. The molecule has 0 saturated heterocycles. The number of amides is 2. The molecule has 0 saturated carbocycles. The lowest BCUT2D eigenvalue weighted by atomic mass is 10.1. The van der Waals surface area contributed by atoms with E-state index in [4.69, 9.17) is 23.2 Å². The zero-order valence-electron chi connectivity index (χ0n) is 22.3. The molecule has 0 spiro atoms. The SMILES string of the molecule is CC(C)NC(=O)[C@H](C)N(Cc1ccc(Cl)cc1Cl)C(=O)CN(c1cccc(C(F)(F)F)c1)S(=O)(=O)c1ccccc1. The fourth-order valence-corrected chi connectivity index (χ4v) is 5.80. The van der Waals surface area contributed by atoms with E-state index in [1.807, 2.05) is 0 Å². The summed E-state index contributed by atoms with van der Waals surface area (Å²) in [5, 5.41) is 3.26. The zero-order valence-corrected chi connectivity index (χ0v) is 24.7. The van der Waals surface area contributed by atoms with E-state index in [1.165, 1.54) is 37.3 Å². The smallest absolute Gasteiger partial charge is 0.352 e. The van der Waals surface area contributed by atoms with Crippen molar-refractivity contribution in [3.8, 4) is 0 Å². The maximum absolute atomic E-state index is 13.8. The van der Waals surface area contributed by atoms with Crippen LogP contribution in [0.5, 0.6) is 0 Å². The van der Waals surface area contributed by atoms with Crippen LogP contribution in [0.15, 0.2) is 77.7 Å². The number of hydrogen-bond acceptors (Lipinski definition) is 4. The summed E-state index contributed by atoms with van der Waals surface area (Å²) in [7, 11) is -4.52. The van der Waals surface area contributed by atoms with E-state index < -0.39 is 46.2 Å². The molecule has 41 heavy (non-hydrogen) atoms. The van der Waals surface area contributed by atoms with Gasteiger partial charge in [-0.1, -0.05) is 53.5 Å². The van der Waals surface area contributed by atoms with Crippen LogP contribution < -0.4 is 9.62 Å². The third-order valence-electron chi connectivity index (χ3n) is 6.03. The van der Waals surface area contributed by atoms with E-state index in [0.29, 0.717) is 21.0 Å². The Labute approximate surface area is 246 Å². The Bertz CT molecular complexity index is 1500. The predicted octanol–water partition coefficient (Wildman–Crippen LogP) is 6.15. The average Bonchev–Trinajstić information content (AvgIpc) is 2.90. The Kier molecular flexibility index (Phi) is 10.3. The first-order valence-corrected chi connectivity index (χ1v) is 14.6. The summed E-state index contributed by atoms with van der Waals surface area (Å²) >= 11 is 12.3. The van der Waals surface area contributed by atoms with E-state index in [9.17, 15) is 31.2 Å². The lowest BCUT2D eigenvalue weighted by Gasteiger charge is -2.32. The number of alkyl halides is 3. The number of carbonyl (C=O) groups is 2. The Morgan fingerprint density at radius 3 is 2.17 bits per heavy atom. The minimum absolute atomic E-state index is 0.205. The Morgan fingerprint density at radius 1 is 0.927 bits per heavy atom. The van der Waals surface area contributed by atoms with Crippen LogP contribution in [0.4, 0.5) is 18.9 Å². The van der Waals surface area contributed by atoms with Crippen molar-refractivity contribution in [3.05, 3.63) is 94.0 Å². The molecule has 0 aromatic heterocycles. The number of anilines is 1. The van der Waals surface area contributed by atoms with Crippen molar-refractivity contribution in [1.29, 1.82) is 0 Å². The topological polar surface area (TPSA) is 86.8 Å². The summed E-state index contributed by atoms with van der Waals surface area (Å²) in [5.41, 5.74) is -1.05. The lowest BCUT2D eigenvalue weighted by Crippen LogP contribution is -2.52. The van der Waals surface area contributed by atoms with Gasteiger partial charge in [0.05, 0.1) is 16.1 Å². The van der Waals surface area contributed by atoms with Crippen LogP contribution in [0.25, 0.3) is 0 Å². The summed E-state index contributed by atoms with van der Waals surface area (Å²) in [4.78, 5) is 27.7. The molecule has 0 bridgehead atoms. The van der Waals surface area contributed by atoms with Crippen molar-refractivity contribution < 1.29 is 31.2 Å². The van der Waals surface area contributed by atoms with Crippen molar-refractivity contribution in [2.45, 2.75) is 50.5 Å². The molecular weight excluding hydrogens is 602 g/mol. The normalized spacial score (nSPS) is 12.6. The van der Waals surface area contributed by atoms with Crippen molar-refractivity contribution >= 4 is 50.7 Å². The molecular formula is C28H28Cl2F3N3O4S. The molecule has 2 amide bonds. The molecule has 3 rings (SSSR count). The van der Waals surface area contributed by atoms with Gasteiger partial charge in [-0.3, -0.25) is 13.9 Å². The van der Waals surface area contributed by atoms with Crippen molar-refractivity contribution in [1.82, 2.24) is 10.2 Å². The second-order valence-electron chi connectivity index (χ2n) is 9.47. The van der Waals surface area contributed by atoms with Crippen molar-refractivity contribution in [2.24, 2.45) is 0 Å². The number of carbonyl (C=O) groups excluding carboxylic acids is 2. The molecule has 220 valence electrons. The molecule has 1 N–H and O–H groups in total. The Morgan fingerprint density at radius 2 is 1.59 bits per heavy atom. The minimum Gasteiger partial charge on any atom is -0.352 e. The quantitative estimate of drug-likeness (QED) is 0.291. The predicted molar refractivity (Wildman–Crippen MR) is 152 cm³/mol. The number of halogens is 5. The number of nitrogens with one attached hydrogen (secondary N) is 1. The van der Waals surface area contributed by atoms with E-state index in [-0.39, 0.29) is 28.2 Å². The molecule has 0 aliphatic carbocycles. The number of hydrogen-bond donors (Lipinski definition) is 1.